The Morgan fingerprint density at radius 2 is 1.83 bits per heavy atom. The molecule has 1 aliphatic rings. The fourth-order valence-electron chi connectivity index (χ4n) is 3.45. The molecular weight excluding hydrogens is 386 g/mol. The Bertz CT molecular complexity index is 1030. The van der Waals surface area contributed by atoms with Crippen molar-refractivity contribution < 1.29 is 9.47 Å². The zero-order chi connectivity index (χ0) is 21.7. The van der Waals surface area contributed by atoms with Crippen molar-refractivity contribution in [2.24, 2.45) is 19.1 Å². The summed E-state index contributed by atoms with van der Waals surface area (Å²) in [5, 5.41) is 0. The van der Waals surface area contributed by atoms with Crippen molar-refractivity contribution in [1.82, 2.24) is 14.0 Å². The van der Waals surface area contributed by atoms with E-state index in [9.17, 15) is 9.59 Å². The number of aliphatic imine (C=N–C) groups is 1. The van der Waals surface area contributed by atoms with Crippen LogP contribution in [-0.4, -0.2) is 53.6 Å². The summed E-state index contributed by atoms with van der Waals surface area (Å²) >= 11 is 0. The number of piperidine rings is 1. The van der Waals surface area contributed by atoms with Gasteiger partial charge in [-0.15, -0.1) is 0 Å². The van der Waals surface area contributed by atoms with Gasteiger partial charge in [-0.1, -0.05) is 6.42 Å². The van der Waals surface area contributed by atoms with E-state index < -0.39 is 11.2 Å². The second kappa shape index (κ2) is 9.62. The molecule has 0 bridgehead atoms. The van der Waals surface area contributed by atoms with Gasteiger partial charge in [0, 0.05) is 26.9 Å². The summed E-state index contributed by atoms with van der Waals surface area (Å²) in [6.07, 6.45) is 5.32. The molecule has 1 aromatic heterocycles. The molecule has 2 heterocycles. The van der Waals surface area contributed by atoms with Crippen LogP contribution in [0.2, 0.25) is 0 Å². The lowest BCUT2D eigenvalue weighted by molar-refractivity contribution is 0.180. The highest BCUT2D eigenvalue weighted by molar-refractivity contribution is 5.84. The van der Waals surface area contributed by atoms with E-state index in [-0.39, 0.29) is 11.5 Å². The van der Waals surface area contributed by atoms with Gasteiger partial charge in [0.05, 0.1) is 7.11 Å². The summed E-state index contributed by atoms with van der Waals surface area (Å²) in [5.41, 5.74) is 5.59. The fraction of sp³-hybridized carbons (Fsp3) is 0.476. The van der Waals surface area contributed by atoms with Crippen molar-refractivity contribution in [2.45, 2.75) is 19.3 Å². The van der Waals surface area contributed by atoms with Crippen LogP contribution in [0, 0.1) is 0 Å². The predicted molar refractivity (Wildman–Crippen MR) is 117 cm³/mol. The lowest BCUT2D eigenvalue weighted by Crippen LogP contribution is -2.37. The third-order valence-electron chi connectivity index (χ3n) is 5.33. The maximum absolute atomic E-state index is 12.3. The van der Waals surface area contributed by atoms with Gasteiger partial charge < -0.3 is 15.2 Å². The van der Waals surface area contributed by atoms with E-state index in [4.69, 9.17) is 15.2 Å². The number of benzene rings is 1. The second-order valence-electron chi connectivity index (χ2n) is 7.36. The maximum Gasteiger partial charge on any atom is 0.332 e. The molecule has 1 saturated heterocycles. The first-order valence-electron chi connectivity index (χ1n) is 10.0. The molecule has 0 spiro atoms. The third-order valence-corrected chi connectivity index (χ3v) is 5.33. The summed E-state index contributed by atoms with van der Waals surface area (Å²) in [6.45, 7) is 3.74. The van der Waals surface area contributed by atoms with Gasteiger partial charge in [-0.05, 0) is 49.7 Å². The highest BCUT2D eigenvalue weighted by atomic mass is 16.5. The molecule has 1 aromatic carbocycles. The van der Waals surface area contributed by atoms with Crippen molar-refractivity contribution >= 4 is 17.7 Å². The monoisotopic (exact) mass is 415 g/mol. The largest absolute Gasteiger partial charge is 0.493 e. The Kier molecular flexibility index (Phi) is 6.94. The van der Waals surface area contributed by atoms with Gasteiger partial charge in [0.15, 0.2) is 17.2 Å². The zero-order valence-electron chi connectivity index (χ0n) is 17.8. The molecular formula is C21H29N5O4. The Hall–Kier alpha value is -3.07. The van der Waals surface area contributed by atoms with Gasteiger partial charge in [0.2, 0.25) is 0 Å². The first kappa shape index (κ1) is 21.6. The minimum absolute atomic E-state index is 0.0143. The standard InChI is InChI=1S/C21H29N5O4/c1-24-19(22)18(20(27)25(2)21(24)28)23-14-15-7-8-16(17(13-15)29-3)30-12-11-26-9-5-4-6-10-26/h7-8,13-14H,4-6,9-12,22H2,1-3H3. The smallest absolute Gasteiger partial charge is 0.332 e. The number of hydrogen-bond acceptors (Lipinski definition) is 7. The molecule has 0 saturated carbocycles. The van der Waals surface area contributed by atoms with Crippen LogP contribution in [0.5, 0.6) is 11.5 Å². The molecule has 2 aromatic rings. The number of nitrogens with zero attached hydrogens (tertiary/aromatic N) is 4. The Labute approximate surface area is 175 Å². The van der Waals surface area contributed by atoms with Crippen LogP contribution >= 0.6 is 0 Å². The SMILES string of the molecule is COc1cc(C=Nc2c(N)n(C)c(=O)n(C)c2=O)ccc1OCCN1CCCCC1. The van der Waals surface area contributed by atoms with E-state index >= 15 is 0 Å². The number of methoxy groups -OCH3 is 1. The van der Waals surface area contributed by atoms with Crippen LogP contribution in [0.15, 0.2) is 32.8 Å². The number of likely N-dealkylation sites (tertiary alicyclic amines) is 1. The highest BCUT2D eigenvalue weighted by Gasteiger charge is 2.13. The summed E-state index contributed by atoms with van der Waals surface area (Å²) in [6, 6.07) is 5.42. The number of nitrogens with two attached hydrogens (primary N) is 1. The summed E-state index contributed by atoms with van der Waals surface area (Å²) in [7, 11) is 4.46. The van der Waals surface area contributed by atoms with E-state index in [0.29, 0.717) is 23.7 Å². The number of aromatic nitrogens is 2. The highest BCUT2D eigenvalue weighted by Crippen LogP contribution is 2.28. The van der Waals surface area contributed by atoms with Gasteiger partial charge in [-0.3, -0.25) is 18.8 Å². The Balaban J connectivity index is 1.73. The molecule has 1 aliphatic heterocycles. The molecule has 0 amide bonds. The lowest BCUT2D eigenvalue weighted by atomic mass is 10.1. The van der Waals surface area contributed by atoms with E-state index in [0.717, 1.165) is 24.2 Å². The molecule has 0 aliphatic carbocycles. The minimum atomic E-state index is -0.545. The molecule has 0 unspecified atom stereocenters. The second-order valence-corrected chi connectivity index (χ2v) is 7.36. The topological polar surface area (TPSA) is 104 Å². The van der Waals surface area contributed by atoms with E-state index in [1.807, 2.05) is 12.1 Å². The quantitative estimate of drug-likeness (QED) is 0.684. The number of anilines is 1. The van der Waals surface area contributed by atoms with Gasteiger partial charge in [-0.25, -0.2) is 9.79 Å². The Morgan fingerprint density at radius 1 is 1.10 bits per heavy atom. The molecule has 162 valence electrons. The number of ether oxygens (including phenoxy) is 2. The van der Waals surface area contributed by atoms with Crippen LogP contribution in [0.1, 0.15) is 24.8 Å². The number of nitrogen functional groups attached to an aromatic ring is 1. The molecule has 9 nitrogen and oxygen atoms in total. The van der Waals surface area contributed by atoms with Crippen LogP contribution in [-0.2, 0) is 14.1 Å². The molecule has 0 radical (unpaired) electrons. The first-order chi connectivity index (χ1) is 14.4. The molecule has 2 N–H and O–H groups in total. The number of rotatable bonds is 7. The van der Waals surface area contributed by atoms with Crippen molar-refractivity contribution in [1.29, 1.82) is 0 Å². The van der Waals surface area contributed by atoms with E-state index in [2.05, 4.69) is 9.89 Å². The first-order valence-corrected chi connectivity index (χ1v) is 10.0. The molecule has 3 rings (SSSR count). The van der Waals surface area contributed by atoms with Crippen LogP contribution in [0.3, 0.4) is 0 Å². The average Bonchev–Trinajstić information content (AvgIpc) is 2.77. The van der Waals surface area contributed by atoms with Gasteiger partial charge in [0.1, 0.15) is 12.4 Å². The van der Waals surface area contributed by atoms with Crippen molar-refractivity contribution in [2.75, 3.05) is 39.1 Å². The molecule has 9 heteroatoms. The van der Waals surface area contributed by atoms with E-state index in [1.165, 1.54) is 44.1 Å². The third kappa shape index (κ3) is 4.73. The van der Waals surface area contributed by atoms with Crippen LogP contribution < -0.4 is 26.5 Å². The summed E-state index contributed by atoms with van der Waals surface area (Å²) in [5.74, 6) is 1.26. The molecule has 1 fully saturated rings. The van der Waals surface area contributed by atoms with Gasteiger partial charge >= 0.3 is 5.69 Å². The molecule has 0 atom stereocenters. The Morgan fingerprint density at radius 3 is 2.53 bits per heavy atom. The van der Waals surface area contributed by atoms with Crippen molar-refractivity contribution in [3.8, 4) is 11.5 Å². The van der Waals surface area contributed by atoms with Gasteiger partial charge in [0.25, 0.3) is 5.56 Å². The molecule has 30 heavy (non-hydrogen) atoms. The van der Waals surface area contributed by atoms with Crippen molar-refractivity contribution in [3.63, 3.8) is 0 Å². The minimum Gasteiger partial charge on any atom is -0.493 e. The predicted octanol–water partition coefficient (Wildman–Crippen LogP) is 1.29. The normalized spacial score (nSPS) is 14.9. The lowest BCUT2D eigenvalue weighted by Gasteiger charge is -2.26. The summed E-state index contributed by atoms with van der Waals surface area (Å²) < 4.78 is 13.5. The van der Waals surface area contributed by atoms with Crippen LogP contribution in [0.4, 0.5) is 11.5 Å². The maximum atomic E-state index is 12.3. The van der Waals surface area contributed by atoms with Gasteiger partial charge in [-0.2, -0.15) is 0 Å². The summed E-state index contributed by atoms with van der Waals surface area (Å²) in [4.78, 5) is 30.9. The zero-order valence-corrected chi connectivity index (χ0v) is 17.8. The van der Waals surface area contributed by atoms with Crippen molar-refractivity contribution in [3.05, 3.63) is 44.6 Å². The van der Waals surface area contributed by atoms with E-state index in [1.54, 1.807) is 13.2 Å². The average molecular weight is 415 g/mol. The number of hydrogen-bond donors (Lipinski definition) is 1. The van der Waals surface area contributed by atoms with Crippen LogP contribution in [0.25, 0.3) is 0 Å². The fourth-order valence-corrected chi connectivity index (χ4v) is 3.45.